The third kappa shape index (κ3) is 3.47. The Morgan fingerprint density at radius 1 is 1.09 bits per heavy atom. The molecule has 3 aromatic rings. The van der Waals surface area contributed by atoms with E-state index < -0.39 is 0 Å². The second-order valence-electron chi connectivity index (χ2n) is 5.21. The molecule has 0 aliphatic rings. The van der Waals surface area contributed by atoms with Gasteiger partial charge < -0.3 is 9.73 Å². The Morgan fingerprint density at radius 3 is 2.61 bits per heavy atom. The van der Waals surface area contributed by atoms with Crippen LogP contribution in [0.3, 0.4) is 0 Å². The number of anilines is 1. The molecule has 0 spiro atoms. The molecule has 0 saturated heterocycles. The average Bonchev–Trinajstić information content (AvgIpc) is 2.86. The Bertz CT molecular complexity index is 902. The van der Waals surface area contributed by atoms with Gasteiger partial charge >= 0.3 is 0 Å². The zero-order valence-corrected chi connectivity index (χ0v) is 14.4. The van der Waals surface area contributed by atoms with Crippen molar-refractivity contribution in [2.75, 3.05) is 5.32 Å². The maximum absolute atomic E-state index is 12.2. The first-order valence-electron chi connectivity index (χ1n) is 6.85. The van der Waals surface area contributed by atoms with E-state index >= 15 is 0 Å². The molecule has 2 aromatic carbocycles. The molecule has 0 aliphatic heterocycles. The lowest BCUT2D eigenvalue weighted by atomic mass is 10.1. The number of hydrogen-bond donors (Lipinski definition) is 1. The molecular weight excluding hydrogens is 357 g/mol. The number of benzene rings is 2. The highest BCUT2D eigenvalue weighted by Crippen LogP contribution is 2.28. The molecule has 23 heavy (non-hydrogen) atoms. The SMILES string of the molecule is Cc1cc2occ(CC(=O)Nc3ccc(Cl)c(Cl)c3)c2cc1Cl. The first-order chi connectivity index (χ1) is 10.9. The van der Waals surface area contributed by atoms with Gasteiger partial charge in [-0.15, -0.1) is 0 Å². The van der Waals surface area contributed by atoms with Crippen LogP contribution in [0, 0.1) is 6.92 Å². The van der Waals surface area contributed by atoms with Crippen molar-refractivity contribution in [3.63, 3.8) is 0 Å². The number of halogens is 3. The van der Waals surface area contributed by atoms with Crippen LogP contribution in [0.1, 0.15) is 11.1 Å². The zero-order chi connectivity index (χ0) is 16.6. The topological polar surface area (TPSA) is 42.2 Å². The van der Waals surface area contributed by atoms with Gasteiger partial charge in [0.2, 0.25) is 5.91 Å². The summed E-state index contributed by atoms with van der Waals surface area (Å²) in [7, 11) is 0. The molecule has 0 radical (unpaired) electrons. The van der Waals surface area contributed by atoms with E-state index in [0.717, 1.165) is 16.5 Å². The van der Waals surface area contributed by atoms with Crippen molar-refractivity contribution in [3.8, 4) is 0 Å². The van der Waals surface area contributed by atoms with Crippen molar-refractivity contribution in [3.05, 3.63) is 62.8 Å². The number of nitrogens with one attached hydrogen (secondary N) is 1. The van der Waals surface area contributed by atoms with Gasteiger partial charge in [0.15, 0.2) is 0 Å². The van der Waals surface area contributed by atoms with Gasteiger partial charge in [0.05, 0.1) is 22.7 Å². The molecule has 0 aliphatic carbocycles. The first kappa shape index (κ1) is 16.2. The Morgan fingerprint density at radius 2 is 1.87 bits per heavy atom. The molecular formula is C17H12Cl3NO2. The predicted molar refractivity (Wildman–Crippen MR) is 94.8 cm³/mol. The van der Waals surface area contributed by atoms with Crippen LogP contribution in [0.5, 0.6) is 0 Å². The maximum atomic E-state index is 12.2. The van der Waals surface area contributed by atoms with Gasteiger partial charge in [0.1, 0.15) is 5.58 Å². The number of aryl methyl sites for hydroxylation is 1. The molecule has 1 amide bonds. The predicted octanol–water partition coefficient (Wildman–Crippen LogP) is 5.88. The molecule has 3 rings (SSSR count). The molecule has 1 aromatic heterocycles. The zero-order valence-electron chi connectivity index (χ0n) is 12.1. The number of carbonyl (C=O) groups excluding carboxylic acids is 1. The number of hydrogen-bond acceptors (Lipinski definition) is 2. The maximum Gasteiger partial charge on any atom is 0.228 e. The van der Waals surface area contributed by atoms with Gasteiger partial charge in [-0.1, -0.05) is 34.8 Å². The average molecular weight is 369 g/mol. The molecule has 0 unspecified atom stereocenters. The first-order valence-corrected chi connectivity index (χ1v) is 7.98. The van der Waals surface area contributed by atoms with Crippen molar-refractivity contribution in [2.24, 2.45) is 0 Å². The van der Waals surface area contributed by atoms with Crippen LogP contribution < -0.4 is 5.32 Å². The molecule has 0 saturated carbocycles. The minimum Gasteiger partial charge on any atom is -0.464 e. The highest BCUT2D eigenvalue weighted by Gasteiger charge is 2.13. The standard InChI is InChI=1S/C17H12Cl3NO2/c1-9-4-16-12(7-14(9)19)10(8-23-16)5-17(22)21-11-2-3-13(18)15(20)6-11/h2-4,6-8H,5H2,1H3,(H,21,22). The Hall–Kier alpha value is -1.68. The Labute approximate surface area is 148 Å². The van der Waals surface area contributed by atoms with Gasteiger partial charge in [-0.3, -0.25) is 4.79 Å². The molecule has 3 nitrogen and oxygen atoms in total. The largest absolute Gasteiger partial charge is 0.464 e. The summed E-state index contributed by atoms with van der Waals surface area (Å²) < 4.78 is 5.49. The molecule has 0 bridgehead atoms. The van der Waals surface area contributed by atoms with E-state index in [2.05, 4.69) is 5.32 Å². The van der Waals surface area contributed by atoms with E-state index in [-0.39, 0.29) is 12.3 Å². The summed E-state index contributed by atoms with van der Waals surface area (Å²) in [6.07, 6.45) is 1.75. The molecule has 118 valence electrons. The molecule has 1 N–H and O–H groups in total. The molecule has 6 heteroatoms. The van der Waals surface area contributed by atoms with E-state index in [4.69, 9.17) is 39.2 Å². The number of fused-ring (bicyclic) bond motifs is 1. The minimum absolute atomic E-state index is 0.173. The summed E-state index contributed by atoms with van der Waals surface area (Å²) >= 11 is 17.9. The summed E-state index contributed by atoms with van der Waals surface area (Å²) in [5.41, 5.74) is 3.01. The van der Waals surface area contributed by atoms with Crippen LogP contribution in [0.4, 0.5) is 5.69 Å². The summed E-state index contributed by atoms with van der Waals surface area (Å²) in [5, 5.41) is 5.09. The minimum atomic E-state index is -0.178. The van der Waals surface area contributed by atoms with Crippen LogP contribution in [0.2, 0.25) is 15.1 Å². The smallest absolute Gasteiger partial charge is 0.228 e. The van der Waals surface area contributed by atoms with Crippen LogP contribution >= 0.6 is 34.8 Å². The molecule has 1 heterocycles. The van der Waals surface area contributed by atoms with E-state index in [1.54, 1.807) is 24.5 Å². The lowest BCUT2D eigenvalue weighted by Gasteiger charge is -2.06. The Kier molecular flexibility index (Phi) is 4.53. The lowest BCUT2D eigenvalue weighted by Crippen LogP contribution is -2.14. The highest BCUT2D eigenvalue weighted by molar-refractivity contribution is 6.42. The van der Waals surface area contributed by atoms with E-state index in [1.807, 2.05) is 19.1 Å². The van der Waals surface area contributed by atoms with Gasteiger partial charge in [0.25, 0.3) is 0 Å². The normalized spacial score (nSPS) is 11.0. The second-order valence-corrected chi connectivity index (χ2v) is 6.43. The number of carbonyl (C=O) groups is 1. The fourth-order valence-electron chi connectivity index (χ4n) is 2.29. The third-order valence-electron chi connectivity index (χ3n) is 3.49. The highest BCUT2D eigenvalue weighted by atomic mass is 35.5. The van der Waals surface area contributed by atoms with Gasteiger partial charge in [-0.25, -0.2) is 0 Å². The van der Waals surface area contributed by atoms with E-state index in [0.29, 0.717) is 26.3 Å². The monoisotopic (exact) mass is 367 g/mol. The fraction of sp³-hybridized carbons (Fsp3) is 0.118. The van der Waals surface area contributed by atoms with Crippen LogP contribution in [0.15, 0.2) is 41.0 Å². The Balaban J connectivity index is 1.80. The second kappa shape index (κ2) is 6.44. The van der Waals surface area contributed by atoms with Crippen LogP contribution in [-0.4, -0.2) is 5.91 Å². The third-order valence-corrected chi connectivity index (χ3v) is 4.64. The van der Waals surface area contributed by atoms with Gasteiger partial charge in [-0.05, 0) is 42.8 Å². The lowest BCUT2D eigenvalue weighted by molar-refractivity contribution is -0.115. The summed E-state index contributed by atoms with van der Waals surface area (Å²) in [6.45, 7) is 1.90. The summed E-state index contributed by atoms with van der Waals surface area (Å²) in [4.78, 5) is 12.2. The van der Waals surface area contributed by atoms with Crippen molar-refractivity contribution in [1.82, 2.24) is 0 Å². The number of rotatable bonds is 3. The van der Waals surface area contributed by atoms with Crippen molar-refractivity contribution in [2.45, 2.75) is 13.3 Å². The van der Waals surface area contributed by atoms with E-state index in [1.165, 1.54) is 0 Å². The summed E-state index contributed by atoms with van der Waals surface area (Å²) in [5.74, 6) is -0.178. The van der Waals surface area contributed by atoms with Crippen LogP contribution in [-0.2, 0) is 11.2 Å². The molecule has 0 fully saturated rings. The number of furan rings is 1. The summed E-state index contributed by atoms with van der Waals surface area (Å²) in [6, 6.07) is 8.61. The molecule has 0 atom stereocenters. The quantitative estimate of drug-likeness (QED) is 0.627. The number of amides is 1. The van der Waals surface area contributed by atoms with Gasteiger partial charge in [-0.2, -0.15) is 0 Å². The van der Waals surface area contributed by atoms with Crippen molar-refractivity contribution < 1.29 is 9.21 Å². The van der Waals surface area contributed by atoms with E-state index in [9.17, 15) is 4.79 Å². The van der Waals surface area contributed by atoms with Crippen molar-refractivity contribution >= 4 is 57.4 Å². The van der Waals surface area contributed by atoms with Crippen molar-refractivity contribution in [1.29, 1.82) is 0 Å². The van der Waals surface area contributed by atoms with Gasteiger partial charge in [0, 0.05) is 21.7 Å². The fourth-order valence-corrected chi connectivity index (χ4v) is 2.75. The van der Waals surface area contributed by atoms with Crippen LogP contribution in [0.25, 0.3) is 11.0 Å².